The minimum Gasteiger partial charge on any atom is -0.354 e. The average Bonchev–Trinajstić information content (AvgIpc) is 2.85. The van der Waals surface area contributed by atoms with E-state index in [0.29, 0.717) is 30.5 Å². The average molecular weight is 574 g/mol. The molecule has 0 aliphatic rings. The van der Waals surface area contributed by atoms with Gasteiger partial charge in [0.05, 0.1) is 5.75 Å². The Morgan fingerprint density at radius 3 is 2.31 bits per heavy atom. The molecule has 7 heteroatoms. The lowest BCUT2D eigenvalue weighted by molar-refractivity contribution is -0.139. The highest BCUT2D eigenvalue weighted by Gasteiger charge is 2.30. The molecular formula is C28H30BrClN2O2S. The molecule has 0 saturated heterocycles. The lowest BCUT2D eigenvalue weighted by Gasteiger charge is -2.32. The third-order valence-corrected chi connectivity index (χ3v) is 7.12. The summed E-state index contributed by atoms with van der Waals surface area (Å²) in [5.41, 5.74) is 1.97. The van der Waals surface area contributed by atoms with E-state index in [1.165, 1.54) is 11.8 Å². The van der Waals surface area contributed by atoms with E-state index in [9.17, 15) is 9.59 Å². The molecule has 1 atom stereocenters. The Bertz CT molecular complexity index is 1110. The number of nitrogens with zero attached hydrogens (tertiary/aromatic N) is 1. The third-order valence-electron chi connectivity index (χ3n) is 5.37. The Morgan fingerprint density at radius 1 is 0.971 bits per heavy atom. The summed E-state index contributed by atoms with van der Waals surface area (Å²) < 4.78 is 0.932. The van der Waals surface area contributed by atoms with Crippen LogP contribution in [0.25, 0.3) is 0 Å². The molecular weight excluding hydrogens is 544 g/mol. The highest BCUT2D eigenvalue weighted by atomic mass is 79.9. The number of thioether (sulfide) groups is 1. The van der Waals surface area contributed by atoms with Gasteiger partial charge in [0.1, 0.15) is 6.04 Å². The van der Waals surface area contributed by atoms with Crippen molar-refractivity contribution in [1.29, 1.82) is 0 Å². The predicted octanol–water partition coefficient (Wildman–Crippen LogP) is 6.61. The van der Waals surface area contributed by atoms with Crippen molar-refractivity contribution in [2.24, 2.45) is 5.92 Å². The minimum atomic E-state index is -0.631. The molecule has 0 unspecified atom stereocenters. The summed E-state index contributed by atoms with van der Waals surface area (Å²) >= 11 is 11.0. The molecule has 4 nitrogen and oxygen atoms in total. The SMILES string of the molecule is CC(C)CNC(=O)[C@@H](Cc1ccccc1)N(Cc1cccc(Br)c1)C(=O)CSc1ccc(Cl)cc1. The highest BCUT2D eigenvalue weighted by Crippen LogP contribution is 2.23. The van der Waals surface area contributed by atoms with Crippen LogP contribution >= 0.6 is 39.3 Å². The van der Waals surface area contributed by atoms with E-state index in [-0.39, 0.29) is 17.6 Å². The summed E-state index contributed by atoms with van der Waals surface area (Å²) in [5, 5.41) is 3.71. The maximum Gasteiger partial charge on any atom is 0.243 e. The predicted molar refractivity (Wildman–Crippen MR) is 149 cm³/mol. The number of carbonyl (C=O) groups is 2. The summed E-state index contributed by atoms with van der Waals surface area (Å²) in [6.07, 6.45) is 0.441. The lowest BCUT2D eigenvalue weighted by Crippen LogP contribution is -2.51. The van der Waals surface area contributed by atoms with E-state index in [1.54, 1.807) is 4.90 Å². The van der Waals surface area contributed by atoms with Gasteiger partial charge in [-0.05, 0) is 53.4 Å². The first kappa shape index (κ1) is 27.3. The van der Waals surface area contributed by atoms with E-state index < -0.39 is 6.04 Å². The maximum atomic E-state index is 13.6. The Hall–Kier alpha value is -2.28. The quantitative estimate of drug-likeness (QED) is 0.263. The van der Waals surface area contributed by atoms with E-state index in [2.05, 4.69) is 35.1 Å². The van der Waals surface area contributed by atoms with E-state index in [0.717, 1.165) is 20.5 Å². The first-order valence-electron chi connectivity index (χ1n) is 11.6. The smallest absolute Gasteiger partial charge is 0.243 e. The van der Waals surface area contributed by atoms with Gasteiger partial charge < -0.3 is 10.2 Å². The molecule has 184 valence electrons. The lowest BCUT2D eigenvalue weighted by atomic mass is 10.0. The second kappa shape index (κ2) is 13.7. The van der Waals surface area contributed by atoms with Gasteiger partial charge in [-0.15, -0.1) is 11.8 Å². The number of hydrogen-bond acceptors (Lipinski definition) is 3. The van der Waals surface area contributed by atoms with E-state index in [4.69, 9.17) is 11.6 Å². The zero-order valence-electron chi connectivity index (χ0n) is 19.9. The maximum absolute atomic E-state index is 13.6. The molecule has 3 rings (SSSR count). The van der Waals surface area contributed by atoms with Gasteiger partial charge in [-0.1, -0.05) is 83.8 Å². The standard InChI is InChI=1S/C28H30BrClN2O2S/c1-20(2)17-31-28(34)26(16-21-7-4-3-5-8-21)32(18-22-9-6-10-23(29)15-22)27(33)19-35-25-13-11-24(30)12-14-25/h3-15,20,26H,16-19H2,1-2H3,(H,31,34)/t26-/m1/s1. The molecule has 0 saturated carbocycles. The molecule has 3 aromatic rings. The van der Waals surface area contributed by atoms with Crippen LogP contribution in [-0.4, -0.2) is 35.1 Å². The third kappa shape index (κ3) is 9.02. The topological polar surface area (TPSA) is 49.4 Å². The van der Waals surface area contributed by atoms with Crippen LogP contribution in [0, 0.1) is 5.92 Å². The number of hydrogen-bond donors (Lipinski definition) is 1. The van der Waals surface area contributed by atoms with Crippen LogP contribution in [0.4, 0.5) is 0 Å². The second-order valence-corrected chi connectivity index (χ2v) is 11.1. The van der Waals surface area contributed by atoms with Gasteiger partial charge >= 0.3 is 0 Å². The second-order valence-electron chi connectivity index (χ2n) is 8.74. The molecule has 0 bridgehead atoms. The van der Waals surface area contributed by atoms with Gasteiger partial charge in [0, 0.05) is 33.9 Å². The van der Waals surface area contributed by atoms with Gasteiger partial charge in [0.25, 0.3) is 0 Å². The summed E-state index contributed by atoms with van der Waals surface area (Å²) in [6.45, 7) is 5.01. The van der Waals surface area contributed by atoms with Crippen LogP contribution in [-0.2, 0) is 22.6 Å². The van der Waals surface area contributed by atoms with E-state index >= 15 is 0 Å². The Balaban J connectivity index is 1.89. The molecule has 2 amide bonds. The van der Waals surface area contributed by atoms with Gasteiger partial charge in [0.15, 0.2) is 0 Å². The highest BCUT2D eigenvalue weighted by molar-refractivity contribution is 9.10. The van der Waals surface area contributed by atoms with Crippen molar-refractivity contribution in [3.63, 3.8) is 0 Å². The van der Waals surface area contributed by atoms with Crippen LogP contribution in [0.2, 0.25) is 5.02 Å². The van der Waals surface area contributed by atoms with E-state index in [1.807, 2.05) is 78.9 Å². The molecule has 35 heavy (non-hydrogen) atoms. The Kier molecular flexibility index (Phi) is 10.7. The molecule has 0 radical (unpaired) electrons. The molecule has 0 aliphatic carbocycles. The Labute approximate surface area is 225 Å². The zero-order chi connectivity index (χ0) is 25.2. The summed E-state index contributed by atoms with van der Waals surface area (Å²) in [6, 6.07) is 24.5. The van der Waals surface area contributed by atoms with Crippen molar-refractivity contribution in [3.8, 4) is 0 Å². The van der Waals surface area contributed by atoms with Crippen LogP contribution < -0.4 is 5.32 Å². The number of benzene rings is 3. The fourth-order valence-corrected chi connectivity index (χ4v) is 4.92. The van der Waals surface area contributed by atoms with Gasteiger partial charge in [-0.25, -0.2) is 0 Å². The van der Waals surface area contributed by atoms with Crippen LogP contribution in [0.1, 0.15) is 25.0 Å². The molecule has 0 aromatic heterocycles. The number of nitrogens with one attached hydrogen (secondary N) is 1. The van der Waals surface area contributed by atoms with Crippen molar-refractivity contribution in [2.75, 3.05) is 12.3 Å². The van der Waals surface area contributed by atoms with Gasteiger partial charge in [-0.3, -0.25) is 9.59 Å². The van der Waals surface area contributed by atoms with Crippen molar-refractivity contribution in [2.45, 2.75) is 37.8 Å². The molecule has 0 aliphatic heterocycles. The van der Waals surface area contributed by atoms with Gasteiger partial charge in [-0.2, -0.15) is 0 Å². The number of amides is 2. The number of carbonyl (C=O) groups excluding carboxylic acids is 2. The first-order valence-corrected chi connectivity index (χ1v) is 13.7. The number of rotatable bonds is 11. The minimum absolute atomic E-state index is 0.0921. The zero-order valence-corrected chi connectivity index (χ0v) is 23.1. The van der Waals surface area contributed by atoms with Crippen LogP contribution in [0.15, 0.2) is 88.2 Å². The van der Waals surface area contributed by atoms with Crippen molar-refractivity contribution in [3.05, 3.63) is 99.5 Å². The van der Waals surface area contributed by atoms with Crippen LogP contribution in [0.3, 0.4) is 0 Å². The number of halogens is 2. The summed E-state index contributed by atoms with van der Waals surface area (Å²) in [5.74, 6) is 0.303. The monoisotopic (exact) mass is 572 g/mol. The van der Waals surface area contributed by atoms with Crippen molar-refractivity contribution < 1.29 is 9.59 Å². The Morgan fingerprint density at radius 2 is 1.66 bits per heavy atom. The molecule has 3 aromatic carbocycles. The fraction of sp³-hybridized carbons (Fsp3) is 0.286. The molecule has 0 heterocycles. The largest absolute Gasteiger partial charge is 0.354 e. The summed E-state index contributed by atoms with van der Waals surface area (Å²) in [4.78, 5) is 29.7. The van der Waals surface area contributed by atoms with Gasteiger partial charge in [0.2, 0.25) is 11.8 Å². The molecule has 1 N–H and O–H groups in total. The van der Waals surface area contributed by atoms with Crippen LogP contribution in [0.5, 0.6) is 0 Å². The summed E-state index contributed by atoms with van der Waals surface area (Å²) in [7, 11) is 0. The normalized spacial score (nSPS) is 11.8. The molecule has 0 fully saturated rings. The first-order chi connectivity index (χ1) is 16.8. The van der Waals surface area contributed by atoms with Crippen molar-refractivity contribution in [1.82, 2.24) is 10.2 Å². The fourth-order valence-electron chi connectivity index (χ4n) is 3.57. The molecule has 0 spiro atoms. The van der Waals surface area contributed by atoms with Crippen molar-refractivity contribution >= 4 is 51.1 Å².